The van der Waals surface area contributed by atoms with Crippen molar-refractivity contribution in [3.05, 3.63) is 51.5 Å². The fourth-order valence-corrected chi connectivity index (χ4v) is 2.67. The van der Waals surface area contributed by atoms with Crippen LogP contribution in [0.25, 0.3) is 0 Å². The zero-order chi connectivity index (χ0) is 15.6. The van der Waals surface area contributed by atoms with E-state index in [9.17, 15) is 18.0 Å². The lowest BCUT2D eigenvalue weighted by atomic mass is 10.1. The first-order valence-electron chi connectivity index (χ1n) is 6.10. The number of carbonyl (C=O) groups is 1. The van der Waals surface area contributed by atoms with Crippen LogP contribution < -0.4 is 0 Å². The van der Waals surface area contributed by atoms with Gasteiger partial charge in [0.25, 0.3) is 5.91 Å². The fraction of sp³-hybridized carbons (Fsp3) is 0.286. The standard InChI is InChI=1S/C14H13F3N2OS/c1-9-12(21-8-18-9)13(20)19(2)7-10-4-3-5-11(6-10)14(15,16)17/h3-6,8H,7H2,1-2H3. The Kier molecular flexibility index (Phi) is 4.32. The fourth-order valence-electron chi connectivity index (χ4n) is 1.87. The molecule has 0 aliphatic heterocycles. The highest BCUT2D eigenvalue weighted by atomic mass is 32.1. The first-order valence-corrected chi connectivity index (χ1v) is 6.98. The van der Waals surface area contributed by atoms with Gasteiger partial charge in [0.15, 0.2) is 0 Å². The smallest absolute Gasteiger partial charge is 0.337 e. The molecule has 0 saturated carbocycles. The molecule has 0 bridgehead atoms. The zero-order valence-corrected chi connectivity index (χ0v) is 12.3. The molecule has 1 aromatic heterocycles. The molecule has 0 spiro atoms. The summed E-state index contributed by atoms with van der Waals surface area (Å²) < 4.78 is 38.0. The predicted molar refractivity (Wildman–Crippen MR) is 74.1 cm³/mol. The maximum Gasteiger partial charge on any atom is 0.416 e. The van der Waals surface area contributed by atoms with Crippen molar-refractivity contribution >= 4 is 17.2 Å². The number of hydrogen-bond acceptors (Lipinski definition) is 3. The van der Waals surface area contributed by atoms with Gasteiger partial charge in [-0.1, -0.05) is 12.1 Å². The number of alkyl halides is 3. The van der Waals surface area contributed by atoms with E-state index in [4.69, 9.17) is 0 Å². The molecule has 1 amide bonds. The Morgan fingerprint density at radius 2 is 2.10 bits per heavy atom. The summed E-state index contributed by atoms with van der Waals surface area (Å²) in [6.45, 7) is 1.84. The summed E-state index contributed by atoms with van der Waals surface area (Å²) in [5.74, 6) is -0.243. The molecular weight excluding hydrogens is 301 g/mol. The van der Waals surface area contributed by atoms with Gasteiger partial charge in [-0.25, -0.2) is 4.98 Å². The van der Waals surface area contributed by atoms with Crippen LogP contribution in [0.1, 0.15) is 26.5 Å². The van der Waals surface area contributed by atoms with Gasteiger partial charge in [-0.2, -0.15) is 13.2 Å². The lowest BCUT2D eigenvalue weighted by Gasteiger charge is -2.17. The number of amides is 1. The lowest BCUT2D eigenvalue weighted by Crippen LogP contribution is -2.26. The average molecular weight is 314 g/mol. The first kappa shape index (κ1) is 15.5. The van der Waals surface area contributed by atoms with E-state index in [1.54, 1.807) is 25.5 Å². The van der Waals surface area contributed by atoms with E-state index in [0.29, 0.717) is 16.1 Å². The van der Waals surface area contributed by atoms with Gasteiger partial charge in [0.2, 0.25) is 0 Å². The van der Waals surface area contributed by atoms with Crippen molar-refractivity contribution in [3.8, 4) is 0 Å². The molecule has 0 unspecified atom stereocenters. The molecule has 0 N–H and O–H groups in total. The molecule has 0 fully saturated rings. The van der Waals surface area contributed by atoms with E-state index in [1.807, 2.05) is 0 Å². The summed E-state index contributed by atoms with van der Waals surface area (Å²) in [6.07, 6.45) is -4.38. The number of hydrogen-bond donors (Lipinski definition) is 0. The van der Waals surface area contributed by atoms with Crippen molar-refractivity contribution in [2.45, 2.75) is 19.6 Å². The van der Waals surface area contributed by atoms with Crippen LogP contribution in [-0.4, -0.2) is 22.8 Å². The quantitative estimate of drug-likeness (QED) is 0.864. The maximum atomic E-state index is 12.7. The van der Waals surface area contributed by atoms with Crippen LogP contribution in [0.2, 0.25) is 0 Å². The van der Waals surface area contributed by atoms with Crippen LogP contribution >= 0.6 is 11.3 Å². The Morgan fingerprint density at radius 3 is 2.67 bits per heavy atom. The van der Waals surface area contributed by atoms with E-state index in [-0.39, 0.29) is 12.5 Å². The Morgan fingerprint density at radius 1 is 1.38 bits per heavy atom. The summed E-state index contributed by atoms with van der Waals surface area (Å²) in [6, 6.07) is 4.98. The lowest BCUT2D eigenvalue weighted by molar-refractivity contribution is -0.137. The number of aryl methyl sites for hydroxylation is 1. The minimum Gasteiger partial charge on any atom is -0.337 e. The Balaban J connectivity index is 2.15. The molecule has 21 heavy (non-hydrogen) atoms. The second kappa shape index (κ2) is 5.85. The van der Waals surface area contributed by atoms with Crippen LogP contribution in [0.15, 0.2) is 29.8 Å². The van der Waals surface area contributed by atoms with Gasteiger partial charge in [-0.05, 0) is 24.6 Å². The summed E-state index contributed by atoms with van der Waals surface area (Å²) in [5, 5.41) is 0. The SMILES string of the molecule is Cc1ncsc1C(=O)N(C)Cc1cccc(C(F)(F)F)c1. The molecule has 0 atom stereocenters. The van der Waals surface area contributed by atoms with Crippen molar-refractivity contribution in [3.63, 3.8) is 0 Å². The third-order valence-corrected chi connectivity index (χ3v) is 3.88. The minimum absolute atomic E-state index is 0.111. The Bertz CT molecular complexity index is 652. The van der Waals surface area contributed by atoms with Crippen LogP contribution in [0, 0.1) is 6.92 Å². The third kappa shape index (κ3) is 3.60. The van der Waals surface area contributed by atoms with Crippen molar-refractivity contribution < 1.29 is 18.0 Å². The van der Waals surface area contributed by atoms with Gasteiger partial charge >= 0.3 is 6.18 Å². The van der Waals surface area contributed by atoms with Crippen LogP contribution in [0.3, 0.4) is 0 Å². The van der Waals surface area contributed by atoms with Crippen molar-refractivity contribution in [1.29, 1.82) is 0 Å². The van der Waals surface area contributed by atoms with E-state index in [1.165, 1.54) is 22.3 Å². The second-order valence-corrected chi connectivity index (χ2v) is 5.48. The average Bonchev–Trinajstić information content (AvgIpc) is 2.83. The summed E-state index contributed by atoms with van der Waals surface area (Å²) in [5.41, 5.74) is 1.92. The predicted octanol–water partition coefficient (Wildman–Crippen LogP) is 3.74. The number of halogens is 3. The van der Waals surface area contributed by atoms with Gasteiger partial charge in [0.1, 0.15) is 4.88 Å². The molecular formula is C14H13F3N2OS. The van der Waals surface area contributed by atoms with Crippen molar-refractivity contribution in [2.24, 2.45) is 0 Å². The zero-order valence-electron chi connectivity index (χ0n) is 11.4. The number of nitrogens with zero attached hydrogens (tertiary/aromatic N) is 2. The van der Waals surface area contributed by atoms with Crippen LogP contribution in [0.5, 0.6) is 0 Å². The van der Waals surface area contributed by atoms with Gasteiger partial charge < -0.3 is 4.90 Å². The van der Waals surface area contributed by atoms with Crippen molar-refractivity contribution in [2.75, 3.05) is 7.05 Å². The molecule has 1 aromatic carbocycles. The van der Waals surface area contributed by atoms with E-state index >= 15 is 0 Å². The summed E-state index contributed by atoms with van der Waals surface area (Å²) in [4.78, 5) is 18.1. The highest BCUT2D eigenvalue weighted by Gasteiger charge is 2.30. The molecule has 0 aliphatic carbocycles. The summed E-state index contributed by atoms with van der Waals surface area (Å²) >= 11 is 1.22. The largest absolute Gasteiger partial charge is 0.416 e. The number of rotatable bonds is 3. The minimum atomic E-state index is -4.38. The molecule has 0 radical (unpaired) electrons. The monoisotopic (exact) mass is 314 g/mol. The van der Waals surface area contributed by atoms with E-state index in [2.05, 4.69) is 4.98 Å². The molecule has 3 nitrogen and oxygen atoms in total. The molecule has 0 aliphatic rings. The number of benzene rings is 1. The Labute approximate surface area is 124 Å². The van der Waals surface area contributed by atoms with Crippen molar-refractivity contribution in [1.82, 2.24) is 9.88 Å². The normalized spacial score (nSPS) is 11.5. The van der Waals surface area contributed by atoms with E-state index < -0.39 is 11.7 Å². The highest BCUT2D eigenvalue weighted by Crippen LogP contribution is 2.29. The summed E-state index contributed by atoms with van der Waals surface area (Å²) in [7, 11) is 1.56. The second-order valence-electron chi connectivity index (χ2n) is 4.63. The molecule has 0 saturated heterocycles. The number of aromatic nitrogens is 1. The van der Waals surface area contributed by atoms with Gasteiger partial charge in [0, 0.05) is 13.6 Å². The van der Waals surface area contributed by atoms with E-state index in [0.717, 1.165) is 12.1 Å². The number of carbonyl (C=O) groups excluding carboxylic acids is 1. The first-order chi connectivity index (χ1) is 9.79. The molecule has 1 heterocycles. The third-order valence-electron chi connectivity index (χ3n) is 2.96. The van der Waals surface area contributed by atoms with Gasteiger partial charge in [-0.15, -0.1) is 11.3 Å². The maximum absolute atomic E-state index is 12.7. The molecule has 2 aromatic rings. The van der Waals surface area contributed by atoms with Crippen LogP contribution in [0.4, 0.5) is 13.2 Å². The van der Waals surface area contributed by atoms with Gasteiger partial charge in [0.05, 0.1) is 16.8 Å². The highest BCUT2D eigenvalue weighted by molar-refractivity contribution is 7.11. The Hall–Kier alpha value is -1.89. The molecule has 2 rings (SSSR count). The molecule has 112 valence electrons. The van der Waals surface area contributed by atoms with Gasteiger partial charge in [-0.3, -0.25) is 4.79 Å². The van der Waals surface area contributed by atoms with Crippen LogP contribution in [-0.2, 0) is 12.7 Å². The molecule has 7 heteroatoms. The number of thiazole rings is 1. The topological polar surface area (TPSA) is 33.2 Å².